The molecule has 0 aliphatic heterocycles. The van der Waals surface area contributed by atoms with Gasteiger partial charge in [0.2, 0.25) is 0 Å². The van der Waals surface area contributed by atoms with Crippen LogP contribution in [0.4, 0.5) is 0 Å². The number of aromatic carboxylic acids is 1. The van der Waals surface area contributed by atoms with E-state index < -0.39 is 5.97 Å². The molecule has 116 valence electrons. The molecule has 1 aliphatic carbocycles. The summed E-state index contributed by atoms with van der Waals surface area (Å²) in [5, 5.41) is 12.5. The first-order chi connectivity index (χ1) is 10.1. The first-order valence-electron chi connectivity index (χ1n) is 7.82. The van der Waals surface area contributed by atoms with E-state index in [1.807, 2.05) is 6.07 Å². The van der Waals surface area contributed by atoms with Gasteiger partial charge in [0.25, 0.3) is 0 Å². The largest absolute Gasteiger partial charge is 0.478 e. The zero-order chi connectivity index (χ0) is 15.2. The fraction of sp³-hybridized carbons (Fsp3) is 0.588. The van der Waals surface area contributed by atoms with Crippen LogP contribution in [0.2, 0.25) is 0 Å². The Morgan fingerprint density at radius 1 is 1.29 bits per heavy atom. The van der Waals surface area contributed by atoms with Crippen LogP contribution in [0, 0.1) is 11.8 Å². The molecule has 1 fully saturated rings. The predicted molar refractivity (Wildman–Crippen MR) is 88.5 cm³/mol. The summed E-state index contributed by atoms with van der Waals surface area (Å²) < 4.78 is 0.865. The van der Waals surface area contributed by atoms with Crippen LogP contribution in [0.5, 0.6) is 0 Å². The first-order valence-corrected chi connectivity index (χ1v) is 8.62. The molecule has 4 heteroatoms. The number of benzene rings is 1. The van der Waals surface area contributed by atoms with Gasteiger partial charge in [-0.3, -0.25) is 0 Å². The number of halogens is 1. The SMILES string of the molecule is CCC1CCC(CNCc2ccc(C(=O)O)cc2Br)CC1. The molecule has 0 atom stereocenters. The second-order valence-electron chi connectivity index (χ2n) is 6.04. The van der Waals surface area contributed by atoms with Crippen molar-refractivity contribution in [2.24, 2.45) is 11.8 Å². The standard InChI is InChI=1S/C17H24BrNO2/c1-2-12-3-5-13(6-4-12)10-19-11-15-8-7-14(17(20)21)9-16(15)18/h7-9,12-13,19H,2-6,10-11H2,1H3,(H,20,21). The van der Waals surface area contributed by atoms with E-state index in [4.69, 9.17) is 5.11 Å². The number of carboxylic acids is 1. The molecule has 0 unspecified atom stereocenters. The van der Waals surface area contributed by atoms with E-state index in [0.717, 1.165) is 35.0 Å². The highest BCUT2D eigenvalue weighted by atomic mass is 79.9. The molecule has 1 saturated carbocycles. The van der Waals surface area contributed by atoms with Crippen molar-refractivity contribution in [2.75, 3.05) is 6.54 Å². The Balaban J connectivity index is 1.77. The number of carboxylic acid groups (broad SMARTS) is 1. The Labute approximate surface area is 135 Å². The third-order valence-electron chi connectivity index (χ3n) is 4.59. The third-order valence-corrected chi connectivity index (χ3v) is 5.33. The summed E-state index contributed by atoms with van der Waals surface area (Å²) in [6, 6.07) is 5.22. The van der Waals surface area contributed by atoms with E-state index in [0.29, 0.717) is 5.56 Å². The van der Waals surface area contributed by atoms with Gasteiger partial charge in [0.15, 0.2) is 0 Å². The Kier molecular flexibility index (Phi) is 6.24. The van der Waals surface area contributed by atoms with Gasteiger partial charge < -0.3 is 10.4 Å². The Morgan fingerprint density at radius 3 is 2.52 bits per heavy atom. The fourth-order valence-corrected chi connectivity index (χ4v) is 3.60. The van der Waals surface area contributed by atoms with Gasteiger partial charge in [-0.1, -0.05) is 48.2 Å². The maximum absolute atomic E-state index is 10.9. The van der Waals surface area contributed by atoms with Gasteiger partial charge in [0.1, 0.15) is 0 Å². The summed E-state index contributed by atoms with van der Waals surface area (Å²) in [4.78, 5) is 10.9. The molecule has 1 aromatic carbocycles. The number of carbonyl (C=O) groups is 1. The maximum atomic E-state index is 10.9. The van der Waals surface area contributed by atoms with Crippen molar-refractivity contribution in [1.82, 2.24) is 5.32 Å². The van der Waals surface area contributed by atoms with Crippen molar-refractivity contribution in [3.05, 3.63) is 33.8 Å². The lowest BCUT2D eigenvalue weighted by Gasteiger charge is -2.28. The molecule has 2 N–H and O–H groups in total. The number of hydrogen-bond acceptors (Lipinski definition) is 2. The average molecular weight is 354 g/mol. The lowest BCUT2D eigenvalue weighted by Crippen LogP contribution is -2.26. The molecule has 3 nitrogen and oxygen atoms in total. The fourth-order valence-electron chi connectivity index (χ4n) is 3.08. The van der Waals surface area contributed by atoms with E-state index in [1.54, 1.807) is 12.1 Å². The molecule has 0 bridgehead atoms. The first kappa shape index (κ1) is 16.5. The number of hydrogen-bond donors (Lipinski definition) is 2. The Bertz CT molecular complexity index is 482. The van der Waals surface area contributed by atoms with Crippen LogP contribution in [0.3, 0.4) is 0 Å². The van der Waals surface area contributed by atoms with E-state index in [2.05, 4.69) is 28.2 Å². The topological polar surface area (TPSA) is 49.3 Å². The second-order valence-corrected chi connectivity index (χ2v) is 6.89. The van der Waals surface area contributed by atoms with Crippen LogP contribution in [-0.2, 0) is 6.54 Å². The summed E-state index contributed by atoms with van der Waals surface area (Å²) in [5.74, 6) is 0.853. The average Bonchev–Trinajstić information content (AvgIpc) is 2.49. The molecule has 0 amide bonds. The molecule has 1 aromatic rings. The molecule has 0 aromatic heterocycles. The zero-order valence-electron chi connectivity index (χ0n) is 12.6. The minimum atomic E-state index is -0.886. The monoisotopic (exact) mass is 353 g/mol. The van der Waals surface area contributed by atoms with Crippen molar-refractivity contribution >= 4 is 21.9 Å². The van der Waals surface area contributed by atoms with Gasteiger partial charge >= 0.3 is 5.97 Å². The molecule has 21 heavy (non-hydrogen) atoms. The van der Waals surface area contributed by atoms with Gasteiger partial charge in [-0.15, -0.1) is 0 Å². The summed E-state index contributed by atoms with van der Waals surface area (Å²) in [5.41, 5.74) is 1.44. The van der Waals surface area contributed by atoms with Crippen LogP contribution in [0.15, 0.2) is 22.7 Å². The van der Waals surface area contributed by atoms with Gasteiger partial charge in [-0.05, 0) is 48.9 Å². The van der Waals surface area contributed by atoms with E-state index in [-0.39, 0.29) is 0 Å². The highest BCUT2D eigenvalue weighted by molar-refractivity contribution is 9.10. The lowest BCUT2D eigenvalue weighted by molar-refractivity contribution is 0.0697. The van der Waals surface area contributed by atoms with E-state index in [1.165, 1.54) is 32.1 Å². The summed E-state index contributed by atoms with van der Waals surface area (Å²) in [6.07, 6.45) is 6.75. The third kappa shape index (κ3) is 4.82. The number of rotatable bonds is 6. The van der Waals surface area contributed by atoms with Crippen LogP contribution in [0.1, 0.15) is 54.9 Å². The quantitative estimate of drug-likeness (QED) is 0.793. The Hall–Kier alpha value is -0.870. The van der Waals surface area contributed by atoms with Crippen molar-refractivity contribution in [2.45, 2.75) is 45.6 Å². The summed E-state index contributed by atoms with van der Waals surface area (Å²) in [6.45, 7) is 4.14. The lowest BCUT2D eigenvalue weighted by atomic mass is 9.81. The Morgan fingerprint density at radius 2 is 1.95 bits per heavy atom. The summed E-state index contributed by atoms with van der Waals surface area (Å²) in [7, 11) is 0. The van der Waals surface area contributed by atoms with Gasteiger partial charge in [-0.25, -0.2) is 4.79 Å². The highest BCUT2D eigenvalue weighted by Crippen LogP contribution is 2.30. The van der Waals surface area contributed by atoms with E-state index in [9.17, 15) is 4.79 Å². The normalized spacial score (nSPS) is 22.2. The molecule has 0 heterocycles. The molecule has 2 rings (SSSR count). The van der Waals surface area contributed by atoms with Crippen LogP contribution < -0.4 is 5.32 Å². The van der Waals surface area contributed by atoms with Crippen molar-refractivity contribution < 1.29 is 9.90 Å². The van der Waals surface area contributed by atoms with Gasteiger partial charge in [-0.2, -0.15) is 0 Å². The molecule has 1 aliphatic rings. The van der Waals surface area contributed by atoms with E-state index >= 15 is 0 Å². The molecular weight excluding hydrogens is 330 g/mol. The van der Waals surface area contributed by atoms with Crippen molar-refractivity contribution in [3.8, 4) is 0 Å². The van der Waals surface area contributed by atoms with Crippen molar-refractivity contribution in [3.63, 3.8) is 0 Å². The second kappa shape index (κ2) is 7.95. The highest BCUT2D eigenvalue weighted by Gasteiger charge is 2.19. The maximum Gasteiger partial charge on any atom is 0.335 e. The smallest absolute Gasteiger partial charge is 0.335 e. The van der Waals surface area contributed by atoms with Gasteiger partial charge in [0, 0.05) is 11.0 Å². The minimum absolute atomic E-state index is 0.323. The molecular formula is C17H24BrNO2. The van der Waals surface area contributed by atoms with Crippen molar-refractivity contribution in [1.29, 1.82) is 0 Å². The number of nitrogens with one attached hydrogen (secondary N) is 1. The minimum Gasteiger partial charge on any atom is -0.478 e. The zero-order valence-corrected chi connectivity index (χ0v) is 14.2. The predicted octanol–water partition coefficient (Wildman–Crippen LogP) is 4.45. The van der Waals surface area contributed by atoms with Crippen LogP contribution in [0.25, 0.3) is 0 Å². The molecule has 0 saturated heterocycles. The molecule has 0 spiro atoms. The van der Waals surface area contributed by atoms with Crippen LogP contribution in [-0.4, -0.2) is 17.6 Å². The molecule has 0 radical (unpaired) electrons. The van der Waals surface area contributed by atoms with Crippen LogP contribution >= 0.6 is 15.9 Å². The van der Waals surface area contributed by atoms with Gasteiger partial charge in [0.05, 0.1) is 5.56 Å². The summed E-state index contributed by atoms with van der Waals surface area (Å²) >= 11 is 3.46.